The fraction of sp³-hybridized carbons (Fsp3) is 0.211. The Labute approximate surface area is 168 Å². The molecule has 1 heterocycles. The highest BCUT2D eigenvalue weighted by Crippen LogP contribution is 2.34. The summed E-state index contributed by atoms with van der Waals surface area (Å²) in [6.45, 7) is 1.42. The van der Waals surface area contributed by atoms with Crippen molar-refractivity contribution in [3.63, 3.8) is 0 Å². The number of nitrogens with one attached hydrogen (secondary N) is 1. The normalized spacial score (nSPS) is 11.3. The SMILES string of the molecule is CC(=O)Nc1ccc(OCc2nnc(SCc3ccccc3C(F)(F)F)o2)cc1. The first-order valence-corrected chi connectivity index (χ1v) is 9.40. The maximum Gasteiger partial charge on any atom is 0.416 e. The fourth-order valence-corrected chi connectivity index (χ4v) is 3.18. The third-order valence-corrected chi connectivity index (χ3v) is 4.53. The minimum atomic E-state index is -4.42. The summed E-state index contributed by atoms with van der Waals surface area (Å²) in [7, 11) is 0. The summed E-state index contributed by atoms with van der Waals surface area (Å²) in [5, 5.41) is 10.4. The molecule has 3 aromatic rings. The summed E-state index contributed by atoms with van der Waals surface area (Å²) in [4.78, 5) is 11.0. The van der Waals surface area contributed by atoms with Crippen molar-refractivity contribution in [1.82, 2.24) is 10.2 Å². The molecular formula is C19H16F3N3O3S. The average Bonchev–Trinajstić information content (AvgIpc) is 3.13. The minimum absolute atomic E-state index is 0.00613. The van der Waals surface area contributed by atoms with E-state index in [0.29, 0.717) is 11.4 Å². The number of halogens is 3. The molecule has 0 bridgehead atoms. The highest BCUT2D eigenvalue weighted by Gasteiger charge is 2.32. The van der Waals surface area contributed by atoms with Gasteiger partial charge < -0.3 is 14.5 Å². The number of ether oxygens (including phenoxy) is 1. The number of hydrogen-bond acceptors (Lipinski definition) is 6. The Morgan fingerprint density at radius 2 is 1.86 bits per heavy atom. The van der Waals surface area contributed by atoms with Crippen LogP contribution in [0.15, 0.2) is 58.2 Å². The summed E-state index contributed by atoms with van der Waals surface area (Å²) < 4.78 is 50.0. The maximum atomic E-state index is 13.0. The summed E-state index contributed by atoms with van der Waals surface area (Å²) in [5.41, 5.74) is 0.0963. The molecule has 0 aliphatic heterocycles. The lowest BCUT2D eigenvalue weighted by Gasteiger charge is -2.11. The average molecular weight is 423 g/mol. The molecule has 0 fully saturated rings. The molecule has 10 heteroatoms. The predicted octanol–water partition coefficient (Wildman–Crippen LogP) is 4.92. The van der Waals surface area contributed by atoms with Crippen LogP contribution in [-0.2, 0) is 23.3 Å². The van der Waals surface area contributed by atoms with E-state index in [9.17, 15) is 18.0 Å². The summed E-state index contributed by atoms with van der Waals surface area (Å²) in [6.07, 6.45) is -4.42. The standard InChI is InChI=1S/C19H16F3N3O3S/c1-12(26)23-14-6-8-15(9-7-14)27-10-17-24-25-18(28-17)29-11-13-4-2-3-5-16(13)19(20,21)22/h2-9H,10-11H2,1H3,(H,23,26). The minimum Gasteiger partial charge on any atom is -0.484 e. The van der Waals surface area contributed by atoms with Gasteiger partial charge in [0.25, 0.3) is 11.1 Å². The molecule has 152 valence electrons. The number of amides is 1. The molecule has 0 aliphatic carbocycles. The van der Waals surface area contributed by atoms with Crippen LogP contribution in [0.4, 0.5) is 18.9 Å². The van der Waals surface area contributed by atoms with Crippen LogP contribution in [-0.4, -0.2) is 16.1 Å². The number of benzene rings is 2. The number of hydrogen-bond donors (Lipinski definition) is 1. The van der Waals surface area contributed by atoms with Crippen molar-refractivity contribution in [3.05, 3.63) is 65.5 Å². The lowest BCUT2D eigenvalue weighted by molar-refractivity contribution is -0.138. The zero-order valence-electron chi connectivity index (χ0n) is 15.2. The molecule has 1 amide bonds. The van der Waals surface area contributed by atoms with Crippen molar-refractivity contribution >= 4 is 23.4 Å². The first-order chi connectivity index (χ1) is 13.8. The second kappa shape index (κ2) is 8.99. The second-order valence-electron chi connectivity index (χ2n) is 5.90. The van der Waals surface area contributed by atoms with Crippen molar-refractivity contribution in [2.45, 2.75) is 30.7 Å². The Morgan fingerprint density at radius 3 is 2.55 bits per heavy atom. The summed E-state index contributed by atoms with van der Waals surface area (Å²) >= 11 is 1.02. The molecule has 29 heavy (non-hydrogen) atoms. The number of anilines is 1. The smallest absolute Gasteiger partial charge is 0.416 e. The largest absolute Gasteiger partial charge is 0.484 e. The summed E-state index contributed by atoms with van der Waals surface area (Å²) in [5.74, 6) is 0.601. The Morgan fingerprint density at radius 1 is 1.14 bits per heavy atom. The predicted molar refractivity (Wildman–Crippen MR) is 100 cm³/mol. The monoisotopic (exact) mass is 423 g/mol. The highest BCUT2D eigenvalue weighted by atomic mass is 32.2. The van der Waals surface area contributed by atoms with Crippen molar-refractivity contribution in [3.8, 4) is 5.75 Å². The van der Waals surface area contributed by atoms with Crippen LogP contribution in [0.2, 0.25) is 0 Å². The van der Waals surface area contributed by atoms with Gasteiger partial charge in [-0.25, -0.2) is 0 Å². The highest BCUT2D eigenvalue weighted by molar-refractivity contribution is 7.98. The number of alkyl halides is 3. The van der Waals surface area contributed by atoms with Gasteiger partial charge in [-0.2, -0.15) is 13.2 Å². The van der Waals surface area contributed by atoms with E-state index in [1.54, 1.807) is 30.3 Å². The van der Waals surface area contributed by atoms with Crippen LogP contribution in [0.3, 0.4) is 0 Å². The van der Waals surface area contributed by atoms with Gasteiger partial charge in [0.05, 0.1) is 5.56 Å². The van der Waals surface area contributed by atoms with Crippen molar-refractivity contribution in [1.29, 1.82) is 0 Å². The molecule has 0 saturated heterocycles. The number of thioether (sulfide) groups is 1. The molecule has 0 atom stereocenters. The molecular weight excluding hydrogens is 407 g/mol. The number of carbonyl (C=O) groups excluding carboxylic acids is 1. The lowest BCUT2D eigenvalue weighted by atomic mass is 10.1. The van der Waals surface area contributed by atoms with Gasteiger partial charge >= 0.3 is 6.18 Å². The van der Waals surface area contributed by atoms with E-state index in [1.165, 1.54) is 19.1 Å². The molecule has 6 nitrogen and oxygen atoms in total. The van der Waals surface area contributed by atoms with Crippen LogP contribution in [0.1, 0.15) is 23.9 Å². The first-order valence-electron chi connectivity index (χ1n) is 8.42. The Bertz CT molecular complexity index is 975. The van der Waals surface area contributed by atoms with Crippen LogP contribution in [0, 0.1) is 0 Å². The Balaban J connectivity index is 1.54. The van der Waals surface area contributed by atoms with E-state index in [0.717, 1.165) is 17.8 Å². The molecule has 0 radical (unpaired) electrons. The topological polar surface area (TPSA) is 77.2 Å². The molecule has 0 saturated carbocycles. The van der Waals surface area contributed by atoms with Gasteiger partial charge in [-0.05, 0) is 35.9 Å². The van der Waals surface area contributed by atoms with Crippen LogP contribution < -0.4 is 10.1 Å². The van der Waals surface area contributed by atoms with Gasteiger partial charge in [0.2, 0.25) is 5.91 Å². The maximum absolute atomic E-state index is 13.0. The van der Waals surface area contributed by atoms with Crippen molar-refractivity contribution in [2.24, 2.45) is 0 Å². The van der Waals surface area contributed by atoms with Crippen LogP contribution in [0.5, 0.6) is 5.75 Å². The van der Waals surface area contributed by atoms with E-state index in [4.69, 9.17) is 9.15 Å². The third kappa shape index (κ3) is 5.98. The van der Waals surface area contributed by atoms with Gasteiger partial charge in [0.1, 0.15) is 5.75 Å². The van der Waals surface area contributed by atoms with E-state index < -0.39 is 11.7 Å². The van der Waals surface area contributed by atoms with Gasteiger partial charge in [-0.3, -0.25) is 4.79 Å². The van der Waals surface area contributed by atoms with E-state index in [2.05, 4.69) is 15.5 Å². The molecule has 3 rings (SSSR count). The van der Waals surface area contributed by atoms with E-state index in [-0.39, 0.29) is 34.9 Å². The van der Waals surface area contributed by atoms with Gasteiger partial charge in [0, 0.05) is 18.4 Å². The van der Waals surface area contributed by atoms with E-state index in [1.807, 2.05) is 0 Å². The van der Waals surface area contributed by atoms with Gasteiger partial charge in [0.15, 0.2) is 6.61 Å². The van der Waals surface area contributed by atoms with Crippen molar-refractivity contribution in [2.75, 3.05) is 5.32 Å². The second-order valence-corrected chi connectivity index (χ2v) is 6.83. The molecule has 0 aliphatic rings. The Hall–Kier alpha value is -3.01. The van der Waals surface area contributed by atoms with E-state index >= 15 is 0 Å². The number of rotatable bonds is 7. The van der Waals surface area contributed by atoms with Gasteiger partial charge in [-0.1, -0.05) is 30.0 Å². The Kier molecular flexibility index (Phi) is 6.42. The zero-order chi connectivity index (χ0) is 20.9. The fourth-order valence-electron chi connectivity index (χ4n) is 2.40. The van der Waals surface area contributed by atoms with Gasteiger partial charge in [-0.15, -0.1) is 10.2 Å². The van der Waals surface area contributed by atoms with Crippen molar-refractivity contribution < 1.29 is 27.1 Å². The number of nitrogens with zero attached hydrogens (tertiary/aromatic N) is 2. The molecule has 1 N–H and O–H groups in total. The molecule has 1 aromatic heterocycles. The number of carbonyl (C=O) groups is 1. The lowest BCUT2D eigenvalue weighted by Crippen LogP contribution is -2.08. The first kappa shape index (κ1) is 20.7. The molecule has 0 unspecified atom stereocenters. The quantitative estimate of drug-likeness (QED) is 0.544. The summed E-state index contributed by atoms with van der Waals surface area (Å²) in [6, 6.07) is 12.1. The van der Waals surface area contributed by atoms with Crippen LogP contribution >= 0.6 is 11.8 Å². The third-order valence-electron chi connectivity index (χ3n) is 3.66. The zero-order valence-corrected chi connectivity index (χ0v) is 16.0. The molecule has 0 spiro atoms. The van der Waals surface area contributed by atoms with Crippen LogP contribution in [0.25, 0.3) is 0 Å². The molecule has 2 aromatic carbocycles. The number of aromatic nitrogens is 2.